The molecule has 86 valence electrons. The maximum atomic E-state index is 10.9. The Labute approximate surface area is 88.0 Å². The lowest BCUT2D eigenvalue weighted by Gasteiger charge is -2.16. The van der Waals surface area contributed by atoms with Crippen LogP contribution < -0.4 is 0 Å². The van der Waals surface area contributed by atoms with Crippen LogP contribution in [0.2, 0.25) is 0 Å². The Morgan fingerprint density at radius 1 is 1.47 bits per heavy atom. The minimum atomic E-state index is -4.11. The van der Waals surface area contributed by atoms with E-state index < -0.39 is 38.7 Å². The third-order valence-electron chi connectivity index (χ3n) is 2.03. The van der Waals surface area contributed by atoms with Gasteiger partial charge in [0.05, 0.1) is 12.7 Å². The zero-order valence-corrected chi connectivity index (χ0v) is 8.91. The summed E-state index contributed by atoms with van der Waals surface area (Å²) in [4.78, 5) is 8.88. The van der Waals surface area contributed by atoms with Gasteiger partial charge in [-0.2, -0.15) is 0 Å². The Morgan fingerprint density at radius 3 is 2.47 bits per heavy atom. The molecule has 0 aromatic carbocycles. The van der Waals surface area contributed by atoms with Crippen LogP contribution in [0.4, 0.5) is 0 Å². The van der Waals surface area contributed by atoms with Crippen LogP contribution >= 0.6 is 7.82 Å². The van der Waals surface area contributed by atoms with Crippen LogP contribution in [0.1, 0.15) is 0 Å². The molecule has 0 aliphatic carbocycles. The van der Waals surface area contributed by atoms with Crippen molar-refractivity contribution in [3.63, 3.8) is 0 Å². The number of phosphoric acid groups is 1. The molecular weight excluding hydrogens is 226 g/mol. The minimum Gasteiger partial charge on any atom is -0.388 e. The number of rotatable bonds is 4. The normalized spacial score (nSPS) is 40.3. The van der Waals surface area contributed by atoms with Gasteiger partial charge in [-0.3, -0.25) is 9.05 Å². The fourth-order valence-electron chi connectivity index (χ4n) is 1.14. The lowest BCUT2D eigenvalue weighted by molar-refractivity contribution is -0.00994. The third kappa shape index (κ3) is 3.25. The van der Waals surface area contributed by atoms with Crippen molar-refractivity contribution in [3.05, 3.63) is 0 Å². The molecule has 15 heavy (non-hydrogen) atoms. The second kappa shape index (κ2) is 4.92. The molecule has 1 rings (SSSR count). The molecule has 0 bridgehead atoms. The smallest absolute Gasteiger partial charge is 0.388 e. The molecular formula is C6H12BO7P. The van der Waals surface area contributed by atoms with Gasteiger partial charge in [-0.25, -0.2) is 4.57 Å². The first kappa shape index (κ1) is 13.1. The number of aliphatic hydroxyl groups is 2. The van der Waals surface area contributed by atoms with E-state index in [4.69, 9.17) is 17.5 Å². The van der Waals surface area contributed by atoms with Gasteiger partial charge in [-0.1, -0.05) is 0 Å². The molecule has 2 radical (unpaired) electrons. The van der Waals surface area contributed by atoms with Gasteiger partial charge >= 0.3 is 7.82 Å². The summed E-state index contributed by atoms with van der Waals surface area (Å²) in [7, 11) is 2.18. The van der Waals surface area contributed by atoms with Crippen molar-refractivity contribution in [1.29, 1.82) is 0 Å². The fourth-order valence-corrected chi connectivity index (χ4v) is 1.58. The molecule has 5 unspecified atom stereocenters. The Balaban J connectivity index is 2.44. The van der Waals surface area contributed by atoms with Crippen molar-refractivity contribution in [2.75, 3.05) is 13.7 Å². The molecule has 0 spiro atoms. The topological polar surface area (TPSA) is 105 Å². The van der Waals surface area contributed by atoms with E-state index in [0.29, 0.717) is 0 Å². The van der Waals surface area contributed by atoms with E-state index in [2.05, 4.69) is 9.05 Å². The molecule has 9 heteroatoms. The Hall–Kier alpha value is 0.0549. The summed E-state index contributed by atoms with van der Waals surface area (Å²) in [5, 5.41) is 18.6. The van der Waals surface area contributed by atoms with E-state index in [9.17, 15) is 14.8 Å². The first-order valence-corrected chi connectivity index (χ1v) is 5.67. The fraction of sp³-hybridized carbons (Fsp3) is 1.00. The highest BCUT2D eigenvalue weighted by Crippen LogP contribution is 2.42. The second-order valence-electron chi connectivity index (χ2n) is 3.07. The molecule has 0 aromatic heterocycles. The monoisotopic (exact) mass is 238 g/mol. The van der Waals surface area contributed by atoms with Gasteiger partial charge in [0.15, 0.2) is 0 Å². The molecule has 5 atom stereocenters. The summed E-state index contributed by atoms with van der Waals surface area (Å²) in [6, 6.07) is -1.03. The van der Waals surface area contributed by atoms with Crippen LogP contribution in [0.5, 0.6) is 0 Å². The van der Waals surface area contributed by atoms with E-state index in [1.807, 2.05) is 0 Å². The highest BCUT2D eigenvalue weighted by atomic mass is 31.2. The van der Waals surface area contributed by atoms with Gasteiger partial charge in [-0.05, 0) is 0 Å². The first-order chi connectivity index (χ1) is 6.87. The van der Waals surface area contributed by atoms with Gasteiger partial charge in [0.25, 0.3) is 0 Å². The minimum absolute atomic E-state index is 0.395. The first-order valence-electron chi connectivity index (χ1n) is 4.17. The summed E-state index contributed by atoms with van der Waals surface area (Å²) >= 11 is 0. The highest BCUT2D eigenvalue weighted by Gasteiger charge is 2.40. The number of hydrogen-bond donors (Lipinski definition) is 3. The standard InChI is InChI=1S/C6H12BO7P/c1-12-15(10,11)13-2-3-4(8)5(9)6(7)14-3/h3-6,8-9H,2H2,1H3,(H,10,11). The highest BCUT2D eigenvalue weighted by molar-refractivity contribution is 7.47. The summed E-state index contributed by atoms with van der Waals surface area (Å²) in [5.41, 5.74) is 0. The van der Waals surface area contributed by atoms with Crippen LogP contribution in [0.25, 0.3) is 0 Å². The van der Waals surface area contributed by atoms with Crippen molar-refractivity contribution in [1.82, 2.24) is 0 Å². The third-order valence-corrected chi connectivity index (χ3v) is 2.97. The average Bonchev–Trinajstić information content (AvgIpc) is 2.43. The SMILES string of the molecule is [B]C1OC(COP(=O)(O)OC)C(O)C1O. The quantitative estimate of drug-likeness (QED) is 0.398. The van der Waals surface area contributed by atoms with Crippen LogP contribution in [0, 0.1) is 0 Å². The zero-order chi connectivity index (χ0) is 11.6. The zero-order valence-electron chi connectivity index (χ0n) is 8.02. The van der Waals surface area contributed by atoms with E-state index in [0.717, 1.165) is 7.11 Å². The number of ether oxygens (including phenoxy) is 1. The van der Waals surface area contributed by atoms with Crippen molar-refractivity contribution in [3.8, 4) is 0 Å². The summed E-state index contributed by atoms with van der Waals surface area (Å²) in [6.07, 6.45) is -3.44. The van der Waals surface area contributed by atoms with Crippen molar-refractivity contribution in [2.45, 2.75) is 24.3 Å². The molecule has 1 aliphatic heterocycles. The van der Waals surface area contributed by atoms with Gasteiger partial charge in [0.1, 0.15) is 20.1 Å². The Kier molecular flexibility index (Phi) is 4.31. The van der Waals surface area contributed by atoms with Crippen LogP contribution in [0.15, 0.2) is 0 Å². The van der Waals surface area contributed by atoms with Gasteiger partial charge in [-0.15, -0.1) is 0 Å². The molecule has 1 aliphatic rings. The summed E-state index contributed by atoms with van der Waals surface area (Å²) in [6.45, 7) is -0.395. The predicted molar refractivity (Wildman–Crippen MR) is 49.2 cm³/mol. The number of aliphatic hydroxyl groups excluding tert-OH is 2. The largest absolute Gasteiger partial charge is 0.472 e. The Morgan fingerprint density at radius 2 is 2.07 bits per heavy atom. The predicted octanol–water partition coefficient (Wildman–Crippen LogP) is -1.64. The van der Waals surface area contributed by atoms with E-state index in [-0.39, 0.29) is 0 Å². The second-order valence-corrected chi connectivity index (χ2v) is 4.63. The van der Waals surface area contributed by atoms with E-state index in [1.54, 1.807) is 0 Å². The maximum Gasteiger partial charge on any atom is 0.472 e. The average molecular weight is 238 g/mol. The maximum absolute atomic E-state index is 10.9. The van der Waals surface area contributed by atoms with E-state index in [1.165, 1.54) is 0 Å². The molecule has 3 N–H and O–H groups in total. The molecule has 0 amide bonds. The number of phosphoric ester groups is 1. The molecule has 1 saturated heterocycles. The lowest BCUT2D eigenvalue weighted by Crippen LogP contribution is -2.34. The number of hydrogen-bond acceptors (Lipinski definition) is 6. The molecule has 0 aromatic rings. The summed E-state index contributed by atoms with van der Waals surface area (Å²) in [5.74, 6) is 0. The lowest BCUT2D eigenvalue weighted by atomic mass is 9.93. The Bertz CT molecular complexity index is 262. The van der Waals surface area contributed by atoms with Crippen molar-refractivity contribution in [2.24, 2.45) is 0 Å². The molecule has 1 heterocycles. The van der Waals surface area contributed by atoms with Crippen molar-refractivity contribution >= 4 is 15.7 Å². The van der Waals surface area contributed by atoms with Crippen molar-refractivity contribution < 1.29 is 33.5 Å². The summed E-state index contributed by atoms with van der Waals surface area (Å²) < 4.78 is 24.4. The molecule has 7 nitrogen and oxygen atoms in total. The van der Waals surface area contributed by atoms with Gasteiger partial charge in [0, 0.05) is 13.1 Å². The van der Waals surface area contributed by atoms with Gasteiger partial charge in [0.2, 0.25) is 0 Å². The molecule has 1 fully saturated rings. The molecule has 0 saturated carbocycles. The van der Waals surface area contributed by atoms with Crippen LogP contribution in [0.3, 0.4) is 0 Å². The van der Waals surface area contributed by atoms with Crippen LogP contribution in [-0.4, -0.2) is 61.0 Å². The van der Waals surface area contributed by atoms with Crippen LogP contribution in [-0.2, 0) is 18.3 Å². The van der Waals surface area contributed by atoms with E-state index >= 15 is 0 Å². The van der Waals surface area contributed by atoms with Gasteiger partial charge < -0.3 is 19.8 Å².